The Morgan fingerprint density at radius 1 is 1.26 bits per heavy atom. The summed E-state index contributed by atoms with van der Waals surface area (Å²) in [4.78, 5) is 12.2. The molecule has 0 aliphatic heterocycles. The number of phenolic OH excluding ortho intramolecular Hbond substituents is 1. The van der Waals surface area contributed by atoms with E-state index in [1.807, 2.05) is 0 Å². The van der Waals surface area contributed by atoms with Crippen molar-refractivity contribution in [3.8, 4) is 5.75 Å². The van der Waals surface area contributed by atoms with Gasteiger partial charge in [-0.1, -0.05) is 26.0 Å². The van der Waals surface area contributed by atoms with Crippen LogP contribution in [0.2, 0.25) is 0 Å². The zero-order valence-electron chi connectivity index (χ0n) is 11.9. The van der Waals surface area contributed by atoms with Crippen molar-refractivity contribution < 1.29 is 9.90 Å². The summed E-state index contributed by atoms with van der Waals surface area (Å²) in [5, 5.41) is 13.0. The first kappa shape index (κ1) is 13.9. The predicted molar refractivity (Wildman–Crippen MR) is 76.3 cm³/mol. The molecule has 3 heteroatoms. The molecule has 1 aromatic carbocycles. The van der Waals surface area contributed by atoms with E-state index in [1.54, 1.807) is 25.1 Å². The quantitative estimate of drug-likeness (QED) is 0.858. The molecule has 3 atom stereocenters. The maximum absolute atomic E-state index is 12.2. The van der Waals surface area contributed by atoms with Crippen LogP contribution in [0, 0.1) is 18.8 Å². The molecule has 0 heterocycles. The molecule has 0 bridgehead atoms. The largest absolute Gasteiger partial charge is 0.507 e. The molecular weight excluding hydrogens is 238 g/mol. The zero-order valence-corrected chi connectivity index (χ0v) is 11.9. The van der Waals surface area contributed by atoms with E-state index >= 15 is 0 Å². The van der Waals surface area contributed by atoms with Crippen molar-refractivity contribution in [3.05, 3.63) is 29.3 Å². The second-order valence-electron chi connectivity index (χ2n) is 5.91. The number of para-hydroxylation sites is 1. The molecule has 1 fully saturated rings. The van der Waals surface area contributed by atoms with Gasteiger partial charge >= 0.3 is 0 Å². The van der Waals surface area contributed by atoms with Gasteiger partial charge in [-0.15, -0.1) is 0 Å². The maximum atomic E-state index is 12.2. The molecule has 3 unspecified atom stereocenters. The van der Waals surface area contributed by atoms with Gasteiger partial charge in [0.1, 0.15) is 5.75 Å². The normalized spacial score (nSPS) is 27.0. The monoisotopic (exact) mass is 261 g/mol. The summed E-state index contributed by atoms with van der Waals surface area (Å²) < 4.78 is 0. The van der Waals surface area contributed by atoms with Crippen molar-refractivity contribution >= 4 is 5.91 Å². The smallest absolute Gasteiger partial charge is 0.255 e. The van der Waals surface area contributed by atoms with Gasteiger partial charge in [0, 0.05) is 6.04 Å². The standard InChI is InChI=1S/C16H23NO2/c1-10-7-8-13(9-12(10)3)17-16(19)14-6-4-5-11(2)15(14)18/h4-6,10,12-13,18H,7-9H2,1-3H3,(H,17,19). The Hall–Kier alpha value is -1.51. The Morgan fingerprint density at radius 3 is 2.68 bits per heavy atom. The second kappa shape index (κ2) is 5.64. The van der Waals surface area contributed by atoms with Crippen molar-refractivity contribution in [3.63, 3.8) is 0 Å². The third kappa shape index (κ3) is 3.09. The zero-order chi connectivity index (χ0) is 14.0. The predicted octanol–water partition coefficient (Wildman–Crippen LogP) is 3.26. The van der Waals surface area contributed by atoms with E-state index < -0.39 is 0 Å². The van der Waals surface area contributed by atoms with Crippen molar-refractivity contribution in [1.82, 2.24) is 5.32 Å². The highest BCUT2D eigenvalue weighted by atomic mass is 16.3. The maximum Gasteiger partial charge on any atom is 0.255 e. The van der Waals surface area contributed by atoms with E-state index in [4.69, 9.17) is 0 Å². The molecule has 0 spiro atoms. The minimum atomic E-state index is -0.159. The first-order valence-corrected chi connectivity index (χ1v) is 7.08. The van der Waals surface area contributed by atoms with Crippen LogP contribution < -0.4 is 5.32 Å². The molecule has 104 valence electrons. The molecule has 0 saturated heterocycles. The van der Waals surface area contributed by atoms with Crippen LogP contribution in [0.25, 0.3) is 0 Å². The minimum Gasteiger partial charge on any atom is -0.507 e. The van der Waals surface area contributed by atoms with Gasteiger partial charge in [0.2, 0.25) is 0 Å². The number of nitrogens with one attached hydrogen (secondary N) is 1. The molecular formula is C16H23NO2. The van der Waals surface area contributed by atoms with E-state index in [2.05, 4.69) is 19.2 Å². The topological polar surface area (TPSA) is 49.3 Å². The molecule has 0 radical (unpaired) electrons. The highest BCUT2D eigenvalue weighted by Gasteiger charge is 2.26. The number of rotatable bonds is 2. The van der Waals surface area contributed by atoms with Gasteiger partial charge < -0.3 is 10.4 Å². The van der Waals surface area contributed by atoms with Crippen LogP contribution in [0.4, 0.5) is 0 Å². The fraction of sp³-hybridized carbons (Fsp3) is 0.562. The summed E-state index contributed by atoms with van der Waals surface area (Å²) in [6.07, 6.45) is 3.22. The van der Waals surface area contributed by atoms with Gasteiger partial charge in [-0.3, -0.25) is 4.79 Å². The Labute approximate surface area is 115 Å². The van der Waals surface area contributed by atoms with Crippen LogP contribution >= 0.6 is 0 Å². The molecule has 1 aliphatic rings. The van der Waals surface area contributed by atoms with Crippen molar-refractivity contribution in [1.29, 1.82) is 0 Å². The first-order valence-electron chi connectivity index (χ1n) is 7.08. The number of hydrogen-bond acceptors (Lipinski definition) is 2. The van der Waals surface area contributed by atoms with Gasteiger partial charge in [-0.25, -0.2) is 0 Å². The Kier molecular flexibility index (Phi) is 4.13. The van der Waals surface area contributed by atoms with Crippen LogP contribution in [0.1, 0.15) is 49.0 Å². The lowest BCUT2D eigenvalue weighted by Crippen LogP contribution is -2.39. The van der Waals surface area contributed by atoms with Crippen LogP contribution in [-0.2, 0) is 0 Å². The lowest BCUT2D eigenvalue weighted by molar-refractivity contribution is 0.0908. The van der Waals surface area contributed by atoms with Crippen molar-refractivity contribution in [2.24, 2.45) is 11.8 Å². The number of benzene rings is 1. The molecule has 2 rings (SSSR count). The van der Waals surface area contributed by atoms with E-state index in [1.165, 1.54) is 0 Å². The SMILES string of the molecule is Cc1cccc(C(=O)NC2CCC(C)C(C)C2)c1O. The highest BCUT2D eigenvalue weighted by molar-refractivity contribution is 5.97. The second-order valence-corrected chi connectivity index (χ2v) is 5.91. The van der Waals surface area contributed by atoms with E-state index in [9.17, 15) is 9.90 Å². The number of carbonyl (C=O) groups excluding carboxylic acids is 1. The molecule has 19 heavy (non-hydrogen) atoms. The summed E-state index contributed by atoms with van der Waals surface area (Å²) in [6.45, 7) is 6.32. The molecule has 1 saturated carbocycles. The van der Waals surface area contributed by atoms with Crippen LogP contribution in [0.5, 0.6) is 5.75 Å². The average molecular weight is 261 g/mol. The third-order valence-corrected chi connectivity index (χ3v) is 4.42. The van der Waals surface area contributed by atoms with Gasteiger partial charge in [-0.2, -0.15) is 0 Å². The van der Waals surface area contributed by atoms with Gasteiger partial charge in [0.05, 0.1) is 5.56 Å². The summed E-state index contributed by atoms with van der Waals surface area (Å²) in [5.74, 6) is 1.32. The van der Waals surface area contributed by atoms with Gasteiger partial charge in [0.15, 0.2) is 0 Å². The Balaban J connectivity index is 2.03. The third-order valence-electron chi connectivity index (χ3n) is 4.42. The molecule has 2 N–H and O–H groups in total. The fourth-order valence-corrected chi connectivity index (χ4v) is 2.78. The summed E-state index contributed by atoms with van der Waals surface area (Å²) >= 11 is 0. The van der Waals surface area contributed by atoms with Crippen LogP contribution in [-0.4, -0.2) is 17.1 Å². The Morgan fingerprint density at radius 2 is 2.00 bits per heavy atom. The Bertz CT molecular complexity index is 470. The van der Waals surface area contributed by atoms with Crippen molar-refractivity contribution in [2.45, 2.75) is 46.1 Å². The first-order chi connectivity index (χ1) is 8.99. The summed E-state index contributed by atoms with van der Waals surface area (Å²) in [7, 11) is 0. The van der Waals surface area contributed by atoms with Gasteiger partial charge in [0.25, 0.3) is 5.91 Å². The summed E-state index contributed by atoms with van der Waals surface area (Å²) in [6, 6.07) is 5.51. The molecule has 1 amide bonds. The van der Waals surface area contributed by atoms with Gasteiger partial charge in [-0.05, 0) is 49.7 Å². The van der Waals surface area contributed by atoms with E-state index in [0.717, 1.165) is 30.7 Å². The number of amides is 1. The van der Waals surface area contributed by atoms with Crippen LogP contribution in [0.3, 0.4) is 0 Å². The van der Waals surface area contributed by atoms with Crippen molar-refractivity contribution in [2.75, 3.05) is 0 Å². The van der Waals surface area contributed by atoms with E-state index in [-0.39, 0.29) is 17.7 Å². The molecule has 0 aromatic heterocycles. The van der Waals surface area contributed by atoms with Crippen LogP contribution in [0.15, 0.2) is 18.2 Å². The minimum absolute atomic E-state index is 0.0947. The fourth-order valence-electron chi connectivity index (χ4n) is 2.78. The van der Waals surface area contributed by atoms with E-state index in [0.29, 0.717) is 11.5 Å². The highest BCUT2D eigenvalue weighted by Crippen LogP contribution is 2.30. The number of hydrogen-bond donors (Lipinski definition) is 2. The number of aryl methyl sites for hydroxylation is 1. The number of carbonyl (C=O) groups is 1. The molecule has 3 nitrogen and oxygen atoms in total. The lowest BCUT2D eigenvalue weighted by atomic mass is 9.79. The molecule has 1 aliphatic carbocycles. The number of aromatic hydroxyl groups is 1. The molecule has 1 aromatic rings. The lowest BCUT2D eigenvalue weighted by Gasteiger charge is -2.32. The number of phenols is 1. The summed E-state index contributed by atoms with van der Waals surface area (Å²) in [5.41, 5.74) is 1.12. The average Bonchev–Trinajstić information content (AvgIpc) is 2.37.